The van der Waals surface area contributed by atoms with Crippen molar-refractivity contribution in [2.24, 2.45) is 0 Å². The molecule has 0 aliphatic heterocycles. The Hall–Kier alpha value is -3.18. The minimum absolute atomic E-state index is 0.0144. The minimum Gasteiger partial charge on any atom is -0.497 e. The number of sulfonamides is 1. The average Bonchev–Trinajstić information content (AvgIpc) is 3.23. The first-order valence-corrected chi connectivity index (χ1v) is 13.7. The smallest absolute Gasteiger partial charge is 0.239 e. The Morgan fingerprint density at radius 3 is 2.46 bits per heavy atom. The maximum atomic E-state index is 13.7. The van der Waals surface area contributed by atoms with Crippen LogP contribution in [0.1, 0.15) is 31.0 Å². The van der Waals surface area contributed by atoms with Crippen molar-refractivity contribution in [3.63, 3.8) is 0 Å². The van der Waals surface area contributed by atoms with Crippen molar-refractivity contribution in [1.29, 1.82) is 0 Å². The van der Waals surface area contributed by atoms with Crippen LogP contribution >= 0.6 is 11.8 Å². The van der Waals surface area contributed by atoms with Gasteiger partial charge in [-0.3, -0.25) is 0 Å². The van der Waals surface area contributed by atoms with Gasteiger partial charge in [-0.05, 0) is 42.3 Å². The molecule has 0 spiro atoms. The quantitative estimate of drug-likeness (QED) is 0.330. The molecule has 0 atom stereocenters. The van der Waals surface area contributed by atoms with Crippen LogP contribution in [0.3, 0.4) is 0 Å². The summed E-state index contributed by atoms with van der Waals surface area (Å²) in [6.45, 7) is 3.98. The fourth-order valence-corrected chi connectivity index (χ4v) is 4.83. The van der Waals surface area contributed by atoms with Crippen LogP contribution in [-0.4, -0.2) is 48.8 Å². The molecule has 2 aromatic heterocycles. The number of anilines is 1. The van der Waals surface area contributed by atoms with Crippen molar-refractivity contribution >= 4 is 38.8 Å². The standard InChI is InChI=1S/C24H26FN5O3S2/c1-14(2)21-18(13-34-24-26-19-11-10-17(33-4)12-20(19)27-24)22(15-6-8-16(25)9-7-15)29-23(28-21)30(3)35(5,31)32/h6-12,14H,13H2,1-5H3,(H,26,27). The van der Waals surface area contributed by atoms with Crippen LogP contribution in [0.5, 0.6) is 5.75 Å². The molecule has 0 unspecified atom stereocenters. The molecule has 4 aromatic rings. The summed E-state index contributed by atoms with van der Waals surface area (Å²) in [4.78, 5) is 17.2. The molecular weight excluding hydrogens is 489 g/mol. The van der Waals surface area contributed by atoms with Crippen molar-refractivity contribution in [3.05, 3.63) is 59.5 Å². The predicted molar refractivity (Wildman–Crippen MR) is 137 cm³/mol. The van der Waals surface area contributed by atoms with E-state index < -0.39 is 10.0 Å². The topological polar surface area (TPSA) is 101 Å². The Balaban J connectivity index is 1.80. The van der Waals surface area contributed by atoms with E-state index in [4.69, 9.17) is 4.74 Å². The Morgan fingerprint density at radius 1 is 1.11 bits per heavy atom. The number of thioether (sulfide) groups is 1. The number of aromatic nitrogens is 4. The number of hydrogen-bond donors (Lipinski definition) is 1. The van der Waals surface area contributed by atoms with E-state index in [1.54, 1.807) is 19.2 Å². The molecule has 0 bridgehead atoms. The van der Waals surface area contributed by atoms with Crippen molar-refractivity contribution < 1.29 is 17.5 Å². The number of aromatic amines is 1. The Labute approximate surface area is 208 Å². The molecule has 184 valence electrons. The van der Waals surface area contributed by atoms with Crippen LogP contribution in [0, 0.1) is 5.82 Å². The summed E-state index contributed by atoms with van der Waals surface area (Å²) in [5.74, 6) is 0.894. The van der Waals surface area contributed by atoms with Crippen LogP contribution in [0.15, 0.2) is 47.6 Å². The molecule has 4 rings (SSSR count). The molecule has 11 heteroatoms. The molecule has 2 heterocycles. The van der Waals surface area contributed by atoms with E-state index >= 15 is 0 Å². The molecule has 8 nitrogen and oxygen atoms in total. The molecule has 1 N–H and O–H groups in total. The summed E-state index contributed by atoms with van der Waals surface area (Å²) in [6, 6.07) is 11.6. The van der Waals surface area contributed by atoms with Crippen LogP contribution in [0.2, 0.25) is 0 Å². The van der Waals surface area contributed by atoms with E-state index in [0.29, 0.717) is 22.2 Å². The van der Waals surface area contributed by atoms with Gasteiger partial charge in [0.2, 0.25) is 16.0 Å². The van der Waals surface area contributed by atoms with Gasteiger partial charge in [0.1, 0.15) is 11.6 Å². The fourth-order valence-electron chi connectivity index (χ4n) is 3.55. The third-order valence-electron chi connectivity index (χ3n) is 5.49. The van der Waals surface area contributed by atoms with E-state index in [1.807, 2.05) is 32.0 Å². The molecule has 0 aliphatic carbocycles. The zero-order chi connectivity index (χ0) is 25.3. The second kappa shape index (κ2) is 9.82. The third kappa shape index (κ3) is 5.40. The molecular formula is C24H26FN5O3S2. The lowest BCUT2D eigenvalue weighted by molar-refractivity contribution is 0.415. The number of imidazole rings is 1. The maximum Gasteiger partial charge on any atom is 0.239 e. The second-order valence-electron chi connectivity index (χ2n) is 8.34. The van der Waals surface area contributed by atoms with E-state index in [1.165, 1.54) is 30.9 Å². The number of H-pyrrole nitrogens is 1. The number of nitrogens with zero attached hydrogens (tertiary/aromatic N) is 4. The largest absolute Gasteiger partial charge is 0.497 e. The molecule has 0 saturated carbocycles. The molecule has 0 aliphatic rings. The monoisotopic (exact) mass is 515 g/mol. The second-order valence-corrected chi connectivity index (χ2v) is 11.3. The summed E-state index contributed by atoms with van der Waals surface area (Å²) in [5, 5.41) is 0.713. The Bertz CT molecular complexity index is 1470. The van der Waals surface area contributed by atoms with Gasteiger partial charge < -0.3 is 9.72 Å². The summed E-state index contributed by atoms with van der Waals surface area (Å²) in [7, 11) is -0.544. The van der Waals surface area contributed by atoms with E-state index in [-0.39, 0.29) is 17.7 Å². The highest BCUT2D eigenvalue weighted by atomic mass is 32.2. The van der Waals surface area contributed by atoms with Crippen LogP contribution in [0.4, 0.5) is 10.3 Å². The number of hydrogen-bond acceptors (Lipinski definition) is 7. The van der Waals surface area contributed by atoms with Crippen molar-refractivity contribution in [3.8, 4) is 17.0 Å². The summed E-state index contributed by atoms with van der Waals surface area (Å²) < 4.78 is 44.4. The number of halogens is 1. The summed E-state index contributed by atoms with van der Waals surface area (Å²) in [6.07, 6.45) is 1.10. The lowest BCUT2D eigenvalue weighted by atomic mass is 9.99. The highest BCUT2D eigenvalue weighted by molar-refractivity contribution is 7.98. The number of benzene rings is 2. The van der Waals surface area contributed by atoms with Gasteiger partial charge in [-0.2, -0.15) is 0 Å². The number of ether oxygens (including phenoxy) is 1. The third-order valence-corrected chi connectivity index (χ3v) is 7.55. The first kappa shape index (κ1) is 24.9. The summed E-state index contributed by atoms with van der Waals surface area (Å²) >= 11 is 1.48. The normalized spacial score (nSPS) is 11.9. The molecule has 0 radical (unpaired) electrons. The SMILES string of the molecule is COc1ccc2nc(SCc3c(-c4ccc(F)cc4)nc(N(C)S(C)(=O)=O)nc3C(C)C)[nH]c2c1. The zero-order valence-corrected chi connectivity index (χ0v) is 21.7. The number of nitrogens with one attached hydrogen (secondary N) is 1. The molecule has 2 aromatic carbocycles. The van der Waals surface area contributed by atoms with Crippen molar-refractivity contribution in [2.75, 3.05) is 24.7 Å². The molecule has 35 heavy (non-hydrogen) atoms. The summed E-state index contributed by atoms with van der Waals surface area (Å²) in [5.41, 5.74) is 4.45. The van der Waals surface area contributed by atoms with Crippen molar-refractivity contribution in [2.45, 2.75) is 30.7 Å². The lowest BCUT2D eigenvalue weighted by Crippen LogP contribution is -2.27. The zero-order valence-electron chi connectivity index (χ0n) is 20.0. The van der Waals surface area contributed by atoms with Gasteiger partial charge in [0.15, 0.2) is 5.16 Å². The van der Waals surface area contributed by atoms with Gasteiger partial charge in [-0.15, -0.1) is 0 Å². The Morgan fingerprint density at radius 2 is 1.83 bits per heavy atom. The van der Waals surface area contributed by atoms with Crippen LogP contribution in [0.25, 0.3) is 22.3 Å². The van der Waals surface area contributed by atoms with Gasteiger partial charge in [0.25, 0.3) is 0 Å². The first-order valence-electron chi connectivity index (χ1n) is 10.8. The minimum atomic E-state index is -3.57. The van der Waals surface area contributed by atoms with E-state index in [2.05, 4.69) is 19.9 Å². The molecule has 0 fully saturated rings. The fraction of sp³-hybridized carbons (Fsp3) is 0.292. The average molecular weight is 516 g/mol. The van der Waals surface area contributed by atoms with Gasteiger partial charge in [-0.1, -0.05) is 25.6 Å². The predicted octanol–water partition coefficient (Wildman–Crippen LogP) is 4.98. The van der Waals surface area contributed by atoms with Gasteiger partial charge in [0.05, 0.1) is 35.8 Å². The van der Waals surface area contributed by atoms with E-state index in [0.717, 1.165) is 38.6 Å². The highest BCUT2D eigenvalue weighted by Gasteiger charge is 2.23. The van der Waals surface area contributed by atoms with Gasteiger partial charge >= 0.3 is 0 Å². The molecule has 0 amide bonds. The molecule has 0 saturated heterocycles. The van der Waals surface area contributed by atoms with Crippen molar-refractivity contribution in [1.82, 2.24) is 19.9 Å². The number of fused-ring (bicyclic) bond motifs is 1. The van der Waals surface area contributed by atoms with Crippen LogP contribution < -0.4 is 9.04 Å². The first-order chi connectivity index (χ1) is 16.6. The van der Waals surface area contributed by atoms with Crippen LogP contribution in [-0.2, 0) is 15.8 Å². The lowest BCUT2D eigenvalue weighted by Gasteiger charge is -2.21. The number of methoxy groups -OCH3 is 1. The highest BCUT2D eigenvalue weighted by Crippen LogP contribution is 2.35. The maximum absolute atomic E-state index is 13.7. The van der Waals surface area contributed by atoms with Gasteiger partial charge in [0, 0.05) is 30.0 Å². The van der Waals surface area contributed by atoms with Gasteiger partial charge in [-0.25, -0.2) is 32.1 Å². The van der Waals surface area contributed by atoms with E-state index in [9.17, 15) is 12.8 Å². The Kier molecular flexibility index (Phi) is 7.00. The number of rotatable bonds is 8.